The standard InChI is InChI=1S/C19H27N5O/c1-7-19(5,6)24-18-20-11-12(2)17(23-18)22-16-10-8-9-15(13(16)3)21-14(4)25/h8-11H,7H2,1-6H3,(H,21,25)(H2,20,22,23,24). The highest BCUT2D eigenvalue weighted by molar-refractivity contribution is 5.90. The lowest BCUT2D eigenvalue weighted by atomic mass is 10.0. The molecule has 0 spiro atoms. The number of aryl methyl sites for hydroxylation is 1. The van der Waals surface area contributed by atoms with E-state index in [1.54, 1.807) is 6.20 Å². The van der Waals surface area contributed by atoms with Crippen molar-refractivity contribution >= 4 is 29.0 Å². The van der Waals surface area contributed by atoms with Gasteiger partial charge in [0.25, 0.3) is 0 Å². The highest BCUT2D eigenvalue weighted by atomic mass is 16.1. The van der Waals surface area contributed by atoms with Crippen LogP contribution < -0.4 is 16.0 Å². The van der Waals surface area contributed by atoms with Crippen LogP contribution in [0.3, 0.4) is 0 Å². The summed E-state index contributed by atoms with van der Waals surface area (Å²) >= 11 is 0. The van der Waals surface area contributed by atoms with E-state index >= 15 is 0 Å². The van der Waals surface area contributed by atoms with E-state index in [0.717, 1.165) is 34.7 Å². The number of rotatable bonds is 6. The molecule has 6 heteroatoms. The van der Waals surface area contributed by atoms with Crippen molar-refractivity contribution in [1.82, 2.24) is 9.97 Å². The highest BCUT2D eigenvalue weighted by Crippen LogP contribution is 2.27. The van der Waals surface area contributed by atoms with Gasteiger partial charge in [0, 0.05) is 35.6 Å². The van der Waals surface area contributed by atoms with Crippen molar-refractivity contribution < 1.29 is 4.79 Å². The van der Waals surface area contributed by atoms with Gasteiger partial charge in [0.05, 0.1) is 0 Å². The van der Waals surface area contributed by atoms with Gasteiger partial charge in [-0.2, -0.15) is 4.98 Å². The molecule has 6 nitrogen and oxygen atoms in total. The van der Waals surface area contributed by atoms with Crippen molar-refractivity contribution in [2.75, 3.05) is 16.0 Å². The summed E-state index contributed by atoms with van der Waals surface area (Å²) in [5.41, 5.74) is 3.51. The minimum atomic E-state index is -0.0910. The molecule has 0 bridgehead atoms. The number of hydrogen-bond acceptors (Lipinski definition) is 5. The Hall–Kier alpha value is -2.63. The first-order chi connectivity index (χ1) is 11.7. The van der Waals surface area contributed by atoms with Crippen LogP contribution in [0, 0.1) is 13.8 Å². The van der Waals surface area contributed by atoms with Crippen LogP contribution in [0.25, 0.3) is 0 Å². The molecule has 0 aliphatic carbocycles. The number of nitrogens with one attached hydrogen (secondary N) is 3. The van der Waals surface area contributed by atoms with E-state index in [2.05, 4.69) is 46.7 Å². The number of aromatic nitrogens is 2. The minimum Gasteiger partial charge on any atom is -0.349 e. The molecule has 1 aromatic heterocycles. The first kappa shape index (κ1) is 18.7. The molecular weight excluding hydrogens is 314 g/mol. The van der Waals surface area contributed by atoms with Crippen molar-refractivity contribution in [3.05, 3.63) is 35.5 Å². The van der Waals surface area contributed by atoms with Crippen LogP contribution in [-0.4, -0.2) is 21.4 Å². The lowest BCUT2D eigenvalue weighted by molar-refractivity contribution is -0.114. The zero-order valence-corrected chi connectivity index (χ0v) is 15.8. The van der Waals surface area contributed by atoms with Crippen LogP contribution in [0.2, 0.25) is 0 Å². The molecule has 1 amide bonds. The molecule has 134 valence electrons. The van der Waals surface area contributed by atoms with E-state index in [1.807, 2.05) is 32.0 Å². The highest BCUT2D eigenvalue weighted by Gasteiger charge is 2.16. The molecule has 2 rings (SSSR count). The molecular formula is C19H27N5O. The molecule has 25 heavy (non-hydrogen) atoms. The zero-order chi connectivity index (χ0) is 18.6. The molecule has 0 saturated heterocycles. The predicted molar refractivity (Wildman–Crippen MR) is 104 cm³/mol. The molecule has 0 unspecified atom stereocenters. The normalized spacial score (nSPS) is 11.1. The molecule has 0 saturated carbocycles. The second-order valence-electron chi connectivity index (χ2n) is 6.87. The van der Waals surface area contributed by atoms with Crippen molar-refractivity contribution in [3.63, 3.8) is 0 Å². The summed E-state index contributed by atoms with van der Waals surface area (Å²) in [7, 11) is 0. The third-order valence-electron chi connectivity index (χ3n) is 4.20. The largest absolute Gasteiger partial charge is 0.349 e. The van der Waals surface area contributed by atoms with Crippen molar-refractivity contribution in [3.8, 4) is 0 Å². The topological polar surface area (TPSA) is 78.9 Å². The van der Waals surface area contributed by atoms with Crippen LogP contribution in [0.4, 0.5) is 23.1 Å². The first-order valence-corrected chi connectivity index (χ1v) is 8.48. The molecule has 3 N–H and O–H groups in total. The van der Waals surface area contributed by atoms with Crippen molar-refractivity contribution in [1.29, 1.82) is 0 Å². The van der Waals surface area contributed by atoms with Crippen molar-refractivity contribution in [2.45, 2.75) is 53.5 Å². The average Bonchev–Trinajstić information content (AvgIpc) is 2.53. The molecule has 1 heterocycles. The first-order valence-electron chi connectivity index (χ1n) is 8.48. The van der Waals surface area contributed by atoms with E-state index in [4.69, 9.17) is 0 Å². The Balaban J connectivity index is 2.30. The summed E-state index contributed by atoms with van der Waals surface area (Å²) in [5.74, 6) is 1.25. The number of hydrogen-bond donors (Lipinski definition) is 3. The Kier molecular flexibility index (Phi) is 5.62. The predicted octanol–water partition coefficient (Wildman–Crippen LogP) is 4.40. The molecule has 0 radical (unpaired) electrons. The maximum absolute atomic E-state index is 11.3. The van der Waals surface area contributed by atoms with Gasteiger partial charge >= 0.3 is 0 Å². The van der Waals surface area contributed by atoms with E-state index < -0.39 is 0 Å². The van der Waals surface area contributed by atoms with Crippen LogP contribution in [0.5, 0.6) is 0 Å². The quantitative estimate of drug-likeness (QED) is 0.726. The minimum absolute atomic E-state index is 0.0756. The summed E-state index contributed by atoms with van der Waals surface area (Å²) in [6.07, 6.45) is 2.77. The Morgan fingerprint density at radius 1 is 1.20 bits per heavy atom. The Labute approximate surface area is 149 Å². The number of amides is 1. The van der Waals surface area contributed by atoms with E-state index in [-0.39, 0.29) is 11.4 Å². The summed E-state index contributed by atoms with van der Waals surface area (Å²) < 4.78 is 0. The maximum atomic E-state index is 11.3. The summed E-state index contributed by atoms with van der Waals surface area (Å²) in [6.45, 7) is 11.8. The molecule has 1 aromatic carbocycles. The second-order valence-corrected chi connectivity index (χ2v) is 6.87. The summed E-state index contributed by atoms with van der Waals surface area (Å²) in [6, 6.07) is 5.74. The molecule has 0 fully saturated rings. The third kappa shape index (κ3) is 4.92. The van der Waals surface area contributed by atoms with Gasteiger partial charge in [0.1, 0.15) is 5.82 Å². The second kappa shape index (κ2) is 7.51. The fourth-order valence-electron chi connectivity index (χ4n) is 2.24. The number of anilines is 4. The molecule has 2 aromatic rings. The van der Waals surface area contributed by atoms with Crippen LogP contribution in [0.1, 0.15) is 45.2 Å². The fraction of sp³-hybridized carbons (Fsp3) is 0.421. The SMILES string of the molecule is CCC(C)(C)Nc1ncc(C)c(Nc2cccc(NC(C)=O)c2C)n1. The molecule has 0 aliphatic heterocycles. The summed E-state index contributed by atoms with van der Waals surface area (Å²) in [5, 5.41) is 9.55. The van der Waals surface area contributed by atoms with E-state index in [0.29, 0.717) is 5.95 Å². The summed E-state index contributed by atoms with van der Waals surface area (Å²) in [4.78, 5) is 20.3. The Morgan fingerprint density at radius 3 is 2.52 bits per heavy atom. The number of carbonyl (C=O) groups excluding carboxylic acids is 1. The number of nitrogens with zero attached hydrogens (tertiary/aromatic N) is 2. The van der Waals surface area contributed by atoms with Gasteiger partial charge in [-0.05, 0) is 51.8 Å². The zero-order valence-electron chi connectivity index (χ0n) is 15.8. The van der Waals surface area contributed by atoms with E-state index in [1.165, 1.54) is 6.92 Å². The monoisotopic (exact) mass is 341 g/mol. The van der Waals surface area contributed by atoms with Crippen LogP contribution in [-0.2, 0) is 4.79 Å². The molecule has 0 atom stereocenters. The maximum Gasteiger partial charge on any atom is 0.225 e. The van der Waals surface area contributed by atoms with Crippen LogP contribution in [0.15, 0.2) is 24.4 Å². The van der Waals surface area contributed by atoms with Crippen molar-refractivity contribution in [2.24, 2.45) is 0 Å². The Bertz CT molecular complexity index is 770. The van der Waals surface area contributed by atoms with Gasteiger partial charge in [-0.15, -0.1) is 0 Å². The number of carbonyl (C=O) groups is 1. The van der Waals surface area contributed by atoms with E-state index in [9.17, 15) is 4.79 Å². The van der Waals surface area contributed by atoms with Gasteiger partial charge in [-0.1, -0.05) is 13.0 Å². The Morgan fingerprint density at radius 2 is 1.88 bits per heavy atom. The third-order valence-corrected chi connectivity index (χ3v) is 4.20. The molecule has 0 aliphatic rings. The lowest BCUT2D eigenvalue weighted by Gasteiger charge is -2.25. The lowest BCUT2D eigenvalue weighted by Crippen LogP contribution is -2.30. The van der Waals surface area contributed by atoms with Gasteiger partial charge < -0.3 is 16.0 Å². The smallest absolute Gasteiger partial charge is 0.225 e. The van der Waals surface area contributed by atoms with Gasteiger partial charge in [-0.3, -0.25) is 4.79 Å². The fourth-order valence-corrected chi connectivity index (χ4v) is 2.24. The van der Waals surface area contributed by atoms with Gasteiger partial charge in [0.2, 0.25) is 11.9 Å². The van der Waals surface area contributed by atoms with Gasteiger partial charge in [-0.25, -0.2) is 4.98 Å². The van der Waals surface area contributed by atoms with Crippen LogP contribution >= 0.6 is 0 Å². The van der Waals surface area contributed by atoms with Gasteiger partial charge in [0.15, 0.2) is 0 Å². The number of benzene rings is 1. The average molecular weight is 341 g/mol.